The van der Waals surface area contributed by atoms with E-state index in [1.165, 1.54) is 0 Å². The second kappa shape index (κ2) is 5.84. The minimum atomic E-state index is -0.238. The van der Waals surface area contributed by atoms with Crippen molar-refractivity contribution in [3.8, 4) is 0 Å². The summed E-state index contributed by atoms with van der Waals surface area (Å²) in [4.78, 5) is 16.3. The maximum Gasteiger partial charge on any atom is 0.271 e. The van der Waals surface area contributed by atoms with Gasteiger partial charge in [0.05, 0.1) is 23.0 Å². The molecule has 2 rings (SSSR count). The van der Waals surface area contributed by atoms with Crippen molar-refractivity contribution < 1.29 is 4.79 Å². The summed E-state index contributed by atoms with van der Waals surface area (Å²) in [5, 5.41) is 7.41. The summed E-state index contributed by atoms with van der Waals surface area (Å²) in [6, 6.07) is 5.56. The second-order valence-electron chi connectivity index (χ2n) is 4.07. The molecule has 0 fully saturated rings. The quantitative estimate of drug-likeness (QED) is 0.933. The van der Waals surface area contributed by atoms with Gasteiger partial charge in [0, 0.05) is 12.7 Å². The van der Waals surface area contributed by atoms with Crippen LogP contribution in [0.5, 0.6) is 0 Å². The monoisotopic (exact) mass is 278 g/mol. The lowest BCUT2D eigenvalue weighted by molar-refractivity contribution is 0.0940. The van der Waals surface area contributed by atoms with Crippen LogP contribution in [0.4, 0.5) is 0 Å². The van der Waals surface area contributed by atoms with Crippen molar-refractivity contribution in [3.63, 3.8) is 0 Å². The Balaban J connectivity index is 2.12. The highest BCUT2D eigenvalue weighted by molar-refractivity contribution is 6.34. The molecular weight excluding hydrogens is 264 g/mol. The number of rotatable bonds is 4. The Labute approximate surface area is 116 Å². The zero-order chi connectivity index (χ0) is 13.8. The van der Waals surface area contributed by atoms with E-state index in [1.807, 2.05) is 25.1 Å². The van der Waals surface area contributed by atoms with E-state index in [1.54, 1.807) is 17.8 Å². The molecule has 0 unspecified atom stereocenters. The molecule has 0 aliphatic heterocycles. The fourth-order valence-corrected chi connectivity index (χ4v) is 1.98. The summed E-state index contributed by atoms with van der Waals surface area (Å²) in [5.41, 5.74) is 1.86. The van der Waals surface area contributed by atoms with E-state index in [4.69, 9.17) is 11.6 Å². The van der Waals surface area contributed by atoms with Crippen molar-refractivity contribution in [1.29, 1.82) is 0 Å². The first-order chi connectivity index (χ1) is 9.13. The number of carbonyl (C=O) groups is 1. The number of hydrogen-bond donors (Lipinski definition) is 1. The number of nitrogens with zero attached hydrogens (tertiary/aromatic N) is 3. The van der Waals surface area contributed by atoms with Gasteiger partial charge in [0.2, 0.25) is 0 Å². The van der Waals surface area contributed by atoms with E-state index >= 15 is 0 Å². The third kappa shape index (κ3) is 2.93. The number of hydrogen-bond acceptors (Lipinski definition) is 3. The molecule has 0 aliphatic rings. The van der Waals surface area contributed by atoms with Crippen LogP contribution in [0.25, 0.3) is 0 Å². The number of aromatic nitrogens is 3. The molecule has 6 heteroatoms. The van der Waals surface area contributed by atoms with Crippen LogP contribution >= 0.6 is 11.6 Å². The predicted molar refractivity (Wildman–Crippen MR) is 73.1 cm³/mol. The Morgan fingerprint density at radius 3 is 2.89 bits per heavy atom. The first-order valence-corrected chi connectivity index (χ1v) is 6.42. The number of carbonyl (C=O) groups excluding carboxylic acids is 1. The third-order valence-corrected chi connectivity index (χ3v) is 3.18. The lowest BCUT2D eigenvalue weighted by Crippen LogP contribution is -2.26. The highest BCUT2D eigenvalue weighted by Crippen LogP contribution is 2.20. The number of halogens is 1. The lowest BCUT2D eigenvalue weighted by atomic mass is 10.3. The zero-order valence-electron chi connectivity index (χ0n) is 10.9. The zero-order valence-corrected chi connectivity index (χ0v) is 11.6. The predicted octanol–water partition coefficient (Wildman–Crippen LogP) is 2.19. The maximum absolute atomic E-state index is 12.1. The lowest BCUT2D eigenvalue weighted by Gasteiger charge is -2.06. The van der Waals surface area contributed by atoms with Crippen LogP contribution < -0.4 is 5.32 Å². The summed E-state index contributed by atoms with van der Waals surface area (Å²) >= 11 is 6.11. The SMILES string of the molecule is CCn1nc(C)c(Cl)c1C(=O)NCc1ccccn1. The minimum absolute atomic E-state index is 0.238. The molecule has 1 amide bonds. The molecule has 0 saturated carbocycles. The van der Waals surface area contributed by atoms with Crippen molar-refractivity contribution in [2.75, 3.05) is 0 Å². The van der Waals surface area contributed by atoms with Crippen molar-refractivity contribution in [2.24, 2.45) is 0 Å². The summed E-state index contributed by atoms with van der Waals surface area (Å²) in [6.45, 7) is 4.66. The first-order valence-electron chi connectivity index (χ1n) is 6.04. The van der Waals surface area contributed by atoms with Crippen molar-refractivity contribution in [3.05, 3.63) is 46.5 Å². The average molecular weight is 279 g/mol. The smallest absolute Gasteiger partial charge is 0.271 e. The molecule has 100 valence electrons. The Hall–Kier alpha value is -1.88. The standard InChI is InChI=1S/C13H15ClN4O/c1-3-18-12(11(14)9(2)17-18)13(19)16-8-10-6-4-5-7-15-10/h4-7H,3,8H2,1-2H3,(H,16,19). The van der Waals surface area contributed by atoms with Crippen molar-refractivity contribution in [1.82, 2.24) is 20.1 Å². The van der Waals surface area contributed by atoms with E-state index in [-0.39, 0.29) is 5.91 Å². The van der Waals surface area contributed by atoms with Gasteiger partial charge >= 0.3 is 0 Å². The molecule has 1 N–H and O–H groups in total. The van der Waals surface area contributed by atoms with Crippen molar-refractivity contribution in [2.45, 2.75) is 26.9 Å². The van der Waals surface area contributed by atoms with Gasteiger partial charge in [0.1, 0.15) is 5.69 Å². The summed E-state index contributed by atoms with van der Waals surface area (Å²) in [7, 11) is 0. The van der Waals surface area contributed by atoms with Crippen LogP contribution in [0.2, 0.25) is 5.02 Å². The van der Waals surface area contributed by atoms with Gasteiger partial charge in [0.25, 0.3) is 5.91 Å². The number of pyridine rings is 1. The van der Waals surface area contributed by atoms with E-state index in [2.05, 4.69) is 15.4 Å². The van der Waals surface area contributed by atoms with Crippen LogP contribution in [0, 0.1) is 6.92 Å². The molecule has 5 nitrogen and oxygen atoms in total. The first kappa shape index (κ1) is 13.5. The Bertz CT molecular complexity index is 580. The van der Waals surface area contributed by atoms with Crippen LogP contribution in [0.3, 0.4) is 0 Å². The molecular formula is C13H15ClN4O. The number of nitrogens with one attached hydrogen (secondary N) is 1. The van der Waals surface area contributed by atoms with E-state index in [0.717, 1.165) is 5.69 Å². The second-order valence-corrected chi connectivity index (χ2v) is 4.45. The maximum atomic E-state index is 12.1. The van der Waals surface area contributed by atoms with Crippen LogP contribution in [0.15, 0.2) is 24.4 Å². The largest absolute Gasteiger partial charge is 0.345 e. The van der Waals surface area contributed by atoms with Crippen LogP contribution in [-0.2, 0) is 13.1 Å². The van der Waals surface area contributed by atoms with Gasteiger partial charge in [-0.2, -0.15) is 5.10 Å². The van der Waals surface area contributed by atoms with Gasteiger partial charge < -0.3 is 5.32 Å². The molecule has 0 radical (unpaired) electrons. The summed E-state index contributed by atoms with van der Waals surface area (Å²) < 4.78 is 1.60. The highest BCUT2D eigenvalue weighted by Gasteiger charge is 2.19. The molecule has 0 aliphatic carbocycles. The van der Waals surface area contributed by atoms with E-state index in [9.17, 15) is 4.79 Å². The van der Waals surface area contributed by atoms with Gasteiger partial charge in [-0.3, -0.25) is 14.5 Å². The molecule has 2 aromatic heterocycles. The number of aryl methyl sites for hydroxylation is 2. The molecule has 19 heavy (non-hydrogen) atoms. The Kier molecular flexibility index (Phi) is 4.16. The van der Waals surface area contributed by atoms with E-state index < -0.39 is 0 Å². The summed E-state index contributed by atoms with van der Waals surface area (Å²) in [6.07, 6.45) is 1.69. The average Bonchev–Trinajstić information content (AvgIpc) is 2.73. The van der Waals surface area contributed by atoms with Gasteiger partial charge in [0.15, 0.2) is 0 Å². The molecule has 2 aromatic rings. The normalized spacial score (nSPS) is 10.5. The highest BCUT2D eigenvalue weighted by atomic mass is 35.5. The van der Waals surface area contributed by atoms with Crippen LogP contribution in [0.1, 0.15) is 28.8 Å². The minimum Gasteiger partial charge on any atom is -0.345 e. The Morgan fingerprint density at radius 1 is 1.47 bits per heavy atom. The van der Waals surface area contributed by atoms with Gasteiger partial charge in [-0.15, -0.1) is 0 Å². The van der Waals surface area contributed by atoms with Gasteiger partial charge in [-0.1, -0.05) is 17.7 Å². The third-order valence-electron chi connectivity index (χ3n) is 2.73. The molecule has 0 aromatic carbocycles. The fraction of sp³-hybridized carbons (Fsp3) is 0.308. The van der Waals surface area contributed by atoms with E-state index in [0.29, 0.717) is 29.5 Å². The van der Waals surface area contributed by atoms with Crippen LogP contribution in [-0.4, -0.2) is 20.7 Å². The molecule has 0 saturated heterocycles. The Morgan fingerprint density at radius 2 is 2.26 bits per heavy atom. The topological polar surface area (TPSA) is 59.8 Å². The summed E-state index contributed by atoms with van der Waals surface area (Å²) in [5.74, 6) is -0.238. The molecule has 0 atom stereocenters. The van der Waals surface area contributed by atoms with Gasteiger partial charge in [-0.05, 0) is 26.0 Å². The fourth-order valence-electron chi connectivity index (χ4n) is 1.76. The van der Waals surface area contributed by atoms with Crippen molar-refractivity contribution >= 4 is 17.5 Å². The molecule has 0 bridgehead atoms. The molecule has 2 heterocycles. The molecule has 0 spiro atoms. The number of amides is 1. The van der Waals surface area contributed by atoms with Gasteiger partial charge in [-0.25, -0.2) is 0 Å².